The summed E-state index contributed by atoms with van der Waals surface area (Å²) in [4.78, 5) is 25.6. The molecule has 0 N–H and O–H groups in total. The molecule has 5 nitrogen and oxygen atoms in total. The van der Waals surface area contributed by atoms with Gasteiger partial charge in [-0.25, -0.2) is 4.79 Å². The molecule has 0 aromatic heterocycles. The van der Waals surface area contributed by atoms with E-state index in [-0.39, 0.29) is 5.92 Å². The Morgan fingerprint density at radius 1 is 1.27 bits per heavy atom. The van der Waals surface area contributed by atoms with E-state index in [1.165, 1.54) is 0 Å². The number of rotatable bonds is 3. The van der Waals surface area contributed by atoms with E-state index < -0.39 is 17.5 Å². The summed E-state index contributed by atoms with van der Waals surface area (Å²) < 4.78 is 4.36. The Morgan fingerprint density at radius 3 is 2.33 bits per heavy atom. The van der Waals surface area contributed by atoms with E-state index in [1.807, 2.05) is 0 Å². The van der Waals surface area contributed by atoms with Crippen molar-refractivity contribution in [2.75, 3.05) is 7.11 Å². The molecule has 0 amide bonds. The zero-order valence-electron chi connectivity index (χ0n) is 8.73. The maximum atomic E-state index is 11.7. The summed E-state index contributed by atoms with van der Waals surface area (Å²) in [6, 6.07) is 0. The molecular formula is C10H14N2O3. The Hall–Kier alpha value is -1.48. The number of esters is 1. The van der Waals surface area contributed by atoms with Gasteiger partial charge in [0.2, 0.25) is 0 Å². The van der Waals surface area contributed by atoms with Gasteiger partial charge in [0, 0.05) is 5.92 Å². The van der Waals surface area contributed by atoms with Crippen molar-refractivity contribution in [1.82, 2.24) is 0 Å². The quantitative estimate of drug-likeness (QED) is 0.229. The maximum Gasteiger partial charge on any atom is 0.441 e. The second-order valence-corrected chi connectivity index (χ2v) is 3.64. The first-order valence-electron chi connectivity index (χ1n) is 5.05. The van der Waals surface area contributed by atoms with Gasteiger partial charge in [0.15, 0.2) is 0 Å². The molecule has 1 aliphatic carbocycles. The lowest BCUT2D eigenvalue weighted by molar-refractivity contribution is -0.140. The molecule has 0 unspecified atom stereocenters. The van der Waals surface area contributed by atoms with E-state index in [1.54, 1.807) is 0 Å². The first-order valence-corrected chi connectivity index (χ1v) is 5.05. The normalized spacial score (nSPS) is 16.6. The largest absolute Gasteiger partial charge is 0.460 e. The zero-order valence-corrected chi connectivity index (χ0v) is 8.73. The summed E-state index contributed by atoms with van der Waals surface area (Å²) in [5.41, 5.74) is 8.11. The van der Waals surface area contributed by atoms with E-state index in [2.05, 4.69) is 9.53 Å². The number of carbonyl (C=O) groups is 2. The summed E-state index contributed by atoms with van der Waals surface area (Å²) in [5, 5.41) is 0. The molecule has 0 atom stereocenters. The van der Waals surface area contributed by atoms with E-state index >= 15 is 0 Å². The highest BCUT2D eigenvalue weighted by atomic mass is 16.5. The average molecular weight is 210 g/mol. The van der Waals surface area contributed by atoms with Crippen LogP contribution in [0.4, 0.5) is 0 Å². The Kier molecular flexibility index (Phi) is 4.18. The second-order valence-electron chi connectivity index (χ2n) is 3.64. The smallest absolute Gasteiger partial charge is 0.441 e. The van der Waals surface area contributed by atoms with Gasteiger partial charge in [-0.1, -0.05) is 19.3 Å². The fraction of sp³-hybridized carbons (Fsp3) is 0.700. The molecule has 1 rings (SSSR count). The second kappa shape index (κ2) is 5.41. The lowest BCUT2D eigenvalue weighted by Gasteiger charge is -2.17. The number of hydrogen-bond donors (Lipinski definition) is 0. The van der Waals surface area contributed by atoms with Crippen LogP contribution >= 0.6 is 0 Å². The molecule has 5 heteroatoms. The molecule has 0 aliphatic heterocycles. The number of Topliss-reactive ketones (excluding diaryl/α,β-unsaturated/α-hetero) is 1. The van der Waals surface area contributed by atoms with Gasteiger partial charge in [0.1, 0.15) is 0 Å². The molecule has 0 spiro atoms. The number of carbonyl (C=O) groups excluding carboxylic acids is 2. The first-order chi connectivity index (χ1) is 7.20. The monoisotopic (exact) mass is 210 g/mol. The highest BCUT2D eigenvalue weighted by Gasteiger charge is 2.36. The predicted molar refractivity (Wildman–Crippen MR) is 52.2 cm³/mol. The van der Waals surface area contributed by atoms with Crippen LogP contribution in [-0.2, 0) is 14.3 Å². The number of hydrogen-bond acceptors (Lipinski definition) is 3. The van der Waals surface area contributed by atoms with Crippen molar-refractivity contribution in [3.05, 3.63) is 5.53 Å². The first kappa shape index (κ1) is 11.6. The fourth-order valence-electron chi connectivity index (χ4n) is 1.85. The van der Waals surface area contributed by atoms with Gasteiger partial charge in [0.05, 0.1) is 7.11 Å². The third-order valence-corrected chi connectivity index (χ3v) is 2.69. The van der Waals surface area contributed by atoms with Gasteiger partial charge < -0.3 is 10.3 Å². The molecule has 82 valence electrons. The van der Waals surface area contributed by atoms with Gasteiger partial charge >= 0.3 is 11.7 Å². The zero-order chi connectivity index (χ0) is 11.3. The topological polar surface area (TPSA) is 79.8 Å². The SMILES string of the molecule is COC(=O)C(=[N+]=[N-])C(=O)C1CCCCC1. The van der Waals surface area contributed by atoms with Crippen molar-refractivity contribution >= 4 is 17.5 Å². The van der Waals surface area contributed by atoms with Crippen molar-refractivity contribution in [2.24, 2.45) is 5.92 Å². The van der Waals surface area contributed by atoms with Crippen LogP contribution < -0.4 is 0 Å². The molecular weight excluding hydrogens is 196 g/mol. The highest BCUT2D eigenvalue weighted by molar-refractivity contribution is 6.62. The Bertz CT molecular complexity index is 313. The van der Waals surface area contributed by atoms with E-state index in [0.29, 0.717) is 0 Å². The molecule has 0 saturated heterocycles. The molecule has 15 heavy (non-hydrogen) atoms. The summed E-state index contributed by atoms with van der Waals surface area (Å²) in [6.45, 7) is 0. The van der Waals surface area contributed by atoms with E-state index in [9.17, 15) is 9.59 Å². The molecule has 1 aliphatic rings. The summed E-state index contributed by atoms with van der Waals surface area (Å²) >= 11 is 0. The van der Waals surface area contributed by atoms with Crippen LogP contribution in [0.15, 0.2) is 0 Å². The average Bonchev–Trinajstić information content (AvgIpc) is 2.30. The number of ketones is 1. The number of methoxy groups -OCH3 is 1. The maximum absolute atomic E-state index is 11.7. The molecule has 0 aromatic carbocycles. The van der Waals surface area contributed by atoms with Crippen LogP contribution in [-0.4, -0.2) is 29.4 Å². The van der Waals surface area contributed by atoms with E-state index in [0.717, 1.165) is 39.2 Å². The Balaban J connectivity index is 2.73. The lowest BCUT2D eigenvalue weighted by atomic mass is 9.85. The van der Waals surface area contributed by atoms with Crippen LogP contribution in [0.2, 0.25) is 0 Å². The summed E-state index contributed by atoms with van der Waals surface area (Å²) in [7, 11) is 1.15. The van der Waals surface area contributed by atoms with Crippen molar-refractivity contribution in [3.8, 4) is 0 Å². The Morgan fingerprint density at radius 2 is 1.87 bits per heavy atom. The van der Waals surface area contributed by atoms with Crippen LogP contribution in [0, 0.1) is 5.92 Å². The molecule has 1 saturated carbocycles. The summed E-state index contributed by atoms with van der Waals surface area (Å²) in [6.07, 6.45) is 4.60. The van der Waals surface area contributed by atoms with Crippen LogP contribution in [0.1, 0.15) is 32.1 Å². The number of ether oxygens (including phenoxy) is 1. The molecule has 1 fully saturated rings. The third kappa shape index (κ3) is 2.73. The van der Waals surface area contributed by atoms with Crippen LogP contribution in [0.25, 0.3) is 5.53 Å². The third-order valence-electron chi connectivity index (χ3n) is 2.69. The molecule has 0 bridgehead atoms. The molecule has 0 radical (unpaired) electrons. The fourth-order valence-corrected chi connectivity index (χ4v) is 1.85. The van der Waals surface area contributed by atoms with Crippen LogP contribution in [0.3, 0.4) is 0 Å². The number of nitrogens with zero attached hydrogens (tertiary/aromatic N) is 2. The van der Waals surface area contributed by atoms with Crippen molar-refractivity contribution in [2.45, 2.75) is 32.1 Å². The Labute approximate surface area is 88.0 Å². The van der Waals surface area contributed by atoms with Crippen molar-refractivity contribution in [3.63, 3.8) is 0 Å². The minimum absolute atomic E-state index is 0.191. The van der Waals surface area contributed by atoms with Gasteiger partial charge in [-0.3, -0.25) is 4.79 Å². The van der Waals surface area contributed by atoms with Gasteiger partial charge in [-0.15, -0.1) is 0 Å². The van der Waals surface area contributed by atoms with Crippen molar-refractivity contribution in [1.29, 1.82) is 0 Å². The lowest BCUT2D eigenvalue weighted by Crippen LogP contribution is -2.33. The summed E-state index contributed by atoms with van der Waals surface area (Å²) in [5.74, 6) is -1.46. The molecule has 0 heterocycles. The van der Waals surface area contributed by atoms with E-state index in [4.69, 9.17) is 5.53 Å². The highest BCUT2D eigenvalue weighted by Crippen LogP contribution is 2.24. The van der Waals surface area contributed by atoms with Gasteiger partial charge in [-0.2, -0.15) is 4.79 Å². The minimum atomic E-state index is -0.868. The standard InChI is InChI=1S/C10H14N2O3/c1-15-10(14)8(12-11)9(13)7-5-3-2-4-6-7/h7H,2-6H2,1H3. The van der Waals surface area contributed by atoms with Gasteiger partial charge in [0.25, 0.3) is 5.78 Å². The van der Waals surface area contributed by atoms with Gasteiger partial charge in [-0.05, 0) is 12.8 Å². The minimum Gasteiger partial charge on any atom is -0.460 e. The molecule has 0 aromatic rings. The van der Waals surface area contributed by atoms with Crippen LogP contribution in [0.5, 0.6) is 0 Å². The predicted octanol–water partition coefficient (Wildman–Crippen LogP) is 0.980. The van der Waals surface area contributed by atoms with Crippen molar-refractivity contribution < 1.29 is 19.1 Å².